The number of hydrogen-bond donors (Lipinski definition) is 1. The second-order valence-corrected chi connectivity index (χ2v) is 6.88. The van der Waals surface area contributed by atoms with Crippen LogP contribution in [0.15, 0.2) is 72.8 Å². The second-order valence-electron chi connectivity index (χ2n) is 6.88. The quantitative estimate of drug-likeness (QED) is 0.642. The molecule has 0 aromatic heterocycles. The molecule has 0 saturated heterocycles. The van der Waals surface area contributed by atoms with Crippen molar-refractivity contribution >= 4 is 11.9 Å². The molecule has 148 valence electrons. The zero-order valence-corrected chi connectivity index (χ0v) is 16.5. The van der Waals surface area contributed by atoms with Gasteiger partial charge in [0.15, 0.2) is 6.61 Å². The van der Waals surface area contributed by atoms with E-state index in [1.165, 1.54) is 0 Å². The summed E-state index contributed by atoms with van der Waals surface area (Å²) >= 11 is 0. The monoisotopic (exact) mass is 389 g/mol. The van der Waals surface area contributed by atoms with Crippen LogP contribution in [-0.4, -0.2) is 35.5 Å². The molecule has 0 bridgehead atoms. The number of benzene rings is 3. The van der Waals surface area contributed by atoms with Crippen LogP contribution in [0.1, 0.15) is 21.5 Å². The van der Waals surface area contributed by atoms with Crippen molar-refractivity contribution in [1.82, 2.24) is 4.90 Å². The van der Waals surface area contributed by atoms with Gasteiger partial charge in [0.2, 0.25) is 0 Å². The van der Waals surface area contributed by atoms with Gasteiger partial charge in [0.05, 0.1) is 5.56 Å². The summed E-state index contributed by atoms with van der Waals surface area (Å²) in [5.41, 5.74) is 4.38. The molecule has 3 aromatic rings. The summed E-state index contributed by atoms with van der Waals surface area (Å²) < 4.78 is 5.18. The number of aromatic hydroxyl groups is 1. The third-order valence-corrected chi connectivity index (χ3v) is 4.74. The molecular formula is C24H23NO4. The number of hydrogen-bond acceptors (Lipinski definition) is 4. The summed E-state index contributed by atoms with van der Waals surface area (Å²) in [4.78, 5) is 26.1. The molecule has 0 aliphatic rings. The fourth-order valence-electron chi connectivity index (χ4n) is 2.90. The minimum Gasteiger partial charge on any atom is -0.508 e. The highest BCUT2D eigenvalue weighted by Crippen LogP contribution is 2.22. The maximum Gasteiger partial charge on any atom is 0.338 e. The summed E-state index contributed by atoms with van der Waals surface area (Å²) in [6.07, 6.45) is 0. The third kappa shape index (κ3) is 5.23. The van der Waals surface area contributed by atoms with Crippen molar-refractivity contribution in [3.8, 4) is 16.9 Å². The van der Waals surface area contributed by atoms with E-state index in [0.717, 1.165) is 22.3 Å². The fraction of sp³-hybridized carbons (Fsp3) is 0.167. The van der Waals surface area contributed by atoms with Gasteiger partial charge in [-0.3, -0.25) is 4.79 Å². The number of amides is 1. The maximum absolute atomic E-state index is 12.3. The molecule has 0 atom stereocenters. The van der Waals surface area contributed by atoms with E-state index in [4.69, 9.17) is 4.74 Å². The third-order valence-electron chi connectivity index (χ3n) is 4.74. The van der Waals surface area contributed by atoms with Crippen LogP contribution in [0, 0.1) is 6.92 Å². The van der Waals surface area contributed by atoms with E-state index in [2.05, 4.69) is 0 Å². The first-order chi connectivity index (χ1) is 13.9. The highest BCUT2D eigenvalue weighted by molar-refractivity contribution is 5.91. The van der Waals surface area contributed by atoms with Gasteiger partial charge in [-0.1, -0.05) is 48.5 Å². The Kier molecular flexibility index (Phi) is 6.29. The van der Waals surface area contributed by atoms with Crippen LogP contribution < -0.4 is 0 Å². The number of nitrogens with zero attached hydrogens (tertiary/aromatic N) is 1. The molecule has 0 unspecified atom stereocenters. The van der Waals surface area contributed by atoms with Crippen molar-refractivity contribution in [1.29, 1.82) is 0 Å². The second kappa shape index (κ2) is 9.06. The molecule has 0 aliphatic heterocycles. The number of aryl methyl sites for hydroxylation is 1. The lowest BCUT2D eigenvalue weighted by Gasteiger charge is -2.18. The first-order valence-electron chi connectivity index (χ1n) is 9.29. The number of likely N-dealkylation sites (N-methyl/N-ethyl adjacent to an activating group) is 1. The number of phenolic OH excluding ortho intramolecular Hbond substituents is 1. The average molecular weight is 389 g/mol. The van der Waals surface area contributed by atoms with Crippen LogP contribution in [0.2, 0.25) is 0 Å². The maximum atomic E-state index is 12.3. The minimum atomic E-state index is -0.542. The Morgan fingerprint density at radius 1 is 0.897 bits per heavy atom. The van der Waals surface area contributed by atoms with E-state index in [1.54, 1.807) is 60.5 Å². The number of carbonyl (C=O) groups is 2. The van der Waals surface area contributed by atoms with Gasteiger partial charge in [-0.05, 0) is 53.4 Å². The number of esters is 1. The topological polar surface area (TPSA) is 66.8 Å². The first-order valence-corrected chi connectivity index (χ1v) is 9.29. The summed E-state index contributed by atoms with van der Waals surface area (Å²) in [7, 11) is 1.69. The Labute approximate surface area is 170 Å². The lowest BCUT2D eigenvalue weighted by Crippen LogP contribution is -2.31. The van der Waals surface area contributed by atoms with E-state index in [9.17, 15) is 14.7 Å². The number of rotatable bonds is 6. The van der Waals surface area contributed by atoms with Crippen molar-refractivity contribution < 1.29 is 19.4 Å². The molecule has 0 spiro atoms. The number of phenols is 1. The van der Waals surface area contributed by atoms with Gasteiger partial charge in [0.1, 0.15) is 5.75 Å². The molecule has 0 saturated carbocycles. The Balaban J connectivity index is 1.55. The van der Waals surface area contributed by atoms with Gasteiger partial charge in [-0.25, -0.2) is 4.79 Å². The molecule has 1 amide bonds. The molecule has 5 nitrogen and oxygen atoms in total. The predicted molar refractivity (Wildman–Crippen MR) is 111 cm³/mol. The smallest absolute Gasteiger partial charge is 0.338 e. The van der Waals surface area contributed by atoms with Crippen LogP contribution >= 0.6 is 0 Å². The summed E-state index contributed by atoms with van der Waals surface area (Å²) in [6.45, 7) is 2.15. The van der Waals surface area contributed by atoms with Crippen LogP contribution in [0.5, 0.6) is 5.75 Å². The Morgan fingerprint density at radius 3 is 2.10 bits per heavy atom. The van der Waals surface area contributed by atoms with Crippen molar-refractivity contribution in [2.45, 2.75) is 13.5 Å². The van der Waals surface area contributed by atoms with E-state index in [-0.39, 0.29) is 18.3 Å². The van der Waals surface area contributed by atoms with E-state index in [0.29, 0.717) is 12.1 Å². The van der Waals surface area contributed by atoms with Crippen LogP contribution in [-0.2, 0) is 16.1 Å². The molecule has 0 radical (unpaired) electrons. The van der Waals surface area contributed by atoms with Gasteiger partial charge < -0.3 is 14.7 Å². The molecule has 0 aliphatic carbocycles. The Bertz CT molecular complexity index is 994. The molecule has 0 fully saturated rings. The molecule has 3 rings (SSSR count). The predicted octanol–water partition coefficient (Wildman–Crippen LogP) is 4.18. The Morgan fingerprint density at radius 2 is 1.48 bits per heavy atom. The lowest BCUT2D eigenvalue weighted by molar-refractivity contribution is -0.133. The van der Waals surface area contributed by atoms with Gasteiger partial charge in [-0.15, -0.1) is 0 Å². The zero-order valence-electron chi connectivity index (χ0n) is 16.5. The molecule has 0 heterocycles. The highest BCUT2D eigenvalue weighted by Gasteiger charge is 2.14. The number of ether oxygens (including phenoxy) is 1. The van der Waals surface area contributed by atoms with Crippen LogP contribution in [0.3, 0.4) is 0 Å². The summed E-state index contributed by atoms with van der Waals surface area (Å²) in [5.74, 6) is -0.603. The highest BCUT2D eigenvalue weighted by atomic mass is 16.5. The zero-order chi connectivity index (χ0) is 20.8. The fourth-order valence-corrected chi connectivity index (χ4v) is 2.90. The first kappa shape index (κ1) is 20.1. The van der Waals surface area contributed by atoms with Gasteiger partial charge in [0.25, 0.3) is 5.91 Å². The van der Waals surface area contributed by atoms with Crippen LogP contribution in [0.4, 0.5) is 0 Å². The molecule has 29 heavy (non-hydrogen) atoms. The van der Waals surface area contributed by atoms with E-state index in [1.807, 2.05) is 31.2 Å². The largest absolute Gasteiger partial charge is 0.508 e. The van der Waals surface area contributed by atoms with E-state index < -0.39 is 5.97 Å². The normalized spacial score (nSPS) is 10.4. The SMILES string of the molecule is Cc1ccccc1CN(C)C(=O)COC(=O)c1ccc(-c2ccc(O)cc2)cc1. The minimum absolute atomic E-state index is 0.200. The average Bonchev–Trinajstić information content (AvgIpc) is 2.74. The van der Waals surface area contributed by atoms with Crippen molar-refractivity contribution in [2.24, 2.45) is 0 Å². The van der Waals surface area contributed by atoms with Gasteiger partial charge in [0, 0.05) is 13.6 Å². The Hall–Kier alpha value is -3.60. The van der Waals surface area contributed by atoms with Gasteiger partial charge >= 0.3 is 5.97 Å². The lowest BCUT2D eigenvalue weighted by atomic mass is 10.0. The molecule has 3 aromatic carbocycles. The van der Waals surface area contributed by atoms with Crippen LogP contribution in [0.25, 0.3) is 11.1 Å². The standard InChI is InChI=1S/C24H23NO4/c1-17-5-3-4-6-21(17)15-25(2)23(27)16-29-24(28)20-9-7-18(8-10-20)19-11-13-22(26)14-12-19/h3-14,26H,15-16H2,1-2H3. The molecule has 5 heteroatoms. The van der Waals surface area contributed by atoms with Crippen molar-refractivity contribution in [3.05, 3.63) is 89.5 Å². The van der Waals surface area contributed by atoms with Gasteiger partial charge in [-0.2, -0.15) is 0 Å². The molecule has 1 N–H and O–H groups in total. The van der Waals surface area contributed by atoms with E-state index >= 15 is 0 Å². The summed E-state index contributed by atoms with van der Waals surface area (Å²) in [6, 6.07) is 21.6. The molecular weight excluding hydrogens is 366 g/mol. The summed E-state index contributed by atoms with van der Waals surface area (Å²) in [5, 5.41) is 9.37. The van der Waals surface area contributed by atoms with Crippen molar-refractivity contribution in [3.63, 3.8) is 0 Å². The van der Waals surface area contributed by atoms with Crippen molar-refractivity contribution in [2.75, 3.05) is 13.7 Å². The number of carbonyl (C=O) groups excluding carboxylic acids is 2.